The molecule has 2 aromatic carbocycles. The smallest absolute Gasteiger partial charge is 0.319 e. The highest BCUT2D eigenvalue weighted by Gasteiger charge is 2.29. The number of halogens is 3. The second-order valence-electron chi connectivity index (χ2n) is 6.43. The fourth-order valence-electron chi connectivity index (χ4n) is 2.94. The second kappa shape index (κ2) is 8.59. The van der Waals surface area contributed by atoms with Crippen LogP contribution in [0.25, 0.3) is 0 Å². The SMILES string of the molecule is O=C(NCC1CC(=O)N(Cc2ccc(F)cc2)C1)Nc1ccc(Cl)c(Cl)c1. The van der Waals surface area contributed by atoms with Crippen molar-refractivity contribution in [3.05, 3.63) is 63.9 Å². The van der Waals surface area contributed by atoms with E-state index >= 15 is 0 Å². The van der Waals surface area contributed by atoms with Gasteiger partial charge < -0.3 is 15.5 Å². The molecule has 1 heterocycles. The Morgan fingerprint density at radius 3 is 2.59 bits per heavy atom. The van der Waals surface area contributed by atoms with Crippen LogP contribution >= 0.6 is 23.2 Å². The fourth-order valence-corrected chi connectivity index (χ4v) is 3.24. The summed E-state index contributed by atoms with van der Waals surface area (Å²) in [6, 6.07) is 10.5. The quantitative estimate of drug-likeness (QED) is 0.772. The minimum absolute atomic E-state index is 0.0241. The Hall–Kier alpha value is -2.31. The van der Waals surface area contributed by atoms with Crippen LogP contribution in [-0.2, 0) is 11.3 Å². The molecule has 1 fully saturated rings. The van der Waals surface area contributed by atoms with Gasteiger partial charge in [-0.15, -0.1) is 0 Å². The Bertz CT molecular complexity index is 845. The molecule has 0 aromatic heterocycles. The van der Waals surface area contributed by atoms with Crippen molar-refractivity contribution in [1.29, 1.82) is 0 Å². The molecule has 0 saturated carbocycles. The average Bonchev–Trinajstić information content (AvgIpc) is 2.98. The topological polar surface area (TPSA) is 61.4 Å². The highest BCUT2D eigenvalue weighted by molar-refractivity contribution is 6.42. The van der Waals surface area contributed by atoms with Crippen molar-refractivity contribution >= 4 is 40.8 Å². The van der Waals surface area contributed by atoms with Crippen molar-refractivity contribution in [2.45, 2.75) is 13.0 Å². The molecule has 1 saturated heterocycles. The lowest BCUT2D eigenvalue weighted by molar-refractivity contribution is -0.128. The highest BCUT2D eigenvalue weighted by Crippen LogP contribution is 2.25. The maximum absolute atomic E-state index is 13.0. The van der Waals surface area contributed by atoms with E-state index in [0.717, 1.165) is 5.56 Å². The number of carbonyl (C=O) groups excluding carboxylic acids is 2. The maximum Gasteiger partial charge on any atom is 0.319 e. The summed E-state index contributed by atoms with van der Waals surface area (Å²) in [5.74, 6) is -0.255. The number of hydrogen-bond donors (Lipinski definition) is 2. The van der Waals surface area contributed by atoms with Gasteiger partial charge in [0.25, 0.3) is 0 Å². The lowest BCUT2D eigenvalue weighted by atomic mass is 10.1. The Kier molecular flexibility index (Phi) is 6.19. The van der Waals surface area contributed by atoms with Gasteiger partial charge in [0, 0.05) is 37.7 Å². The third kappa shape index (κ3) is 5.34. The summed E-state index contributed by atoms with van der Waals surface area (Å²) in [6.07, 6.45) is 0.369. The molecule has 0 aliphatic carbocycles. The summed E-state index contributed by atoms with van der Waals surface area (Å²) in [5.41, 5.74) is 1.40. The zero-order valence-electron chi connectivity index (χ0n) is 14.3. The maximum atomic E-state index is 13.0. The number of hydrogen-bond acceptors (Lipinski definition) is 2. The molecule has 0 radical (unpaired) electrons. The summed E-state index contributed by atoms with van der Waals surface area (Å²) >= 11 is 11.8. The third-order valence-electron chi connectivity index (χ3n) is 4.31. The van der Waals surface area contributed by atoms with Gasteiger partial charge in [-0.2, -0.15) is 0 Å². The lowest BCUT2D eigenvalue weighted by Gasteiger charge is -2.17. The minimum atomic E-state index is -0.377. The number of benzene rings is 2. The summed E-state index contributed by atoms with van der Waals surface area (Å²) in [7, 11) is 0. The monoisotopic (exact) mass is 409 g/mol. The van der Waals surface area contributed by atoms with E-state index < -0.39 is 0 Å². The van der Waals surface area contributed by atoms with Gasteiger partial charge >= 0.3 is 6.03 Å². The fraction of sp³-hybridized carbons (Fsp3) is 0.263. The molecule has 1 atom stereocenters. The van der Waals surface area contributed by atoms with Crippen molar-refractivity contribution in [1.82, 2.24) is 10.2 Å². The number of nitrogens with one attached hydrogen (secondary N) is 2. The Morgan fingerprint density at radius 1 is 1.15 bits per heavy atom. The van der Waals surface area contributed by atoms with Gasteiger partial charge in [0.15, 0.2) is 0 Å². The van der Waals surface area contributed by atoms with Crippen molar-refractivity contribution < 1.29 is 14.0 Å². The van der Waals surface area contributed by atoms with Crippen LogP contribution in [0.5, 0.6) is 0 Å². The summed E-state index contributed by atoms with van der Waals surface area (Å²) in [5, 5.41) is 6.20. The Morgan fingerprint density at radius 2 is 1.89 bits per heavy atom. The van der Waals surface area contributed by atoms with Gasteiger partial charge in [0.1, 0.15) is 5.82 Å². The van der Waals surface area contributed by atoms with E-state index in [1.807, 2.05) is 0 Å². The molecule has 2 N–H and O–H groups in total. The first kappa shape index (κ1) is 19.5. The Labute approximate surface area is 166 Å². The molecule has 3 amide bonds. The zero-order valence-corrected chi connectivity index (χ0v) is 15.9. The van der Waals surface area contributed by atoms with Crippen molar-refractivity contribution in [3.8, 4) is 0 Å². The third-order valence-corrected chi connectivity index (χ3v) is 5.05. The van der Waals surface area contributed by atoms with E-state index in [1.165, 1.54) is 12.1 Å². The largest absolute Gasteiger partial charge is 0.338 e. The first-order chi connectivity index (χ1) is 12.9. The molecule has 142 valence electrons. The summed E-state index contributed by atoms with van der Waals surface area (Å²) in [4.78, 5) is 25.9. The van der Waals surface area contributed by atoms with Gasteiger partial charge in [-0.25, -0.2) is 9.18 Å². The Balaban J connectivity index is 1.47. The molecule has 1 unspecified atom stereocenters. The first-order valence-corrected chi connectivity index (χ1v) is 9.18. The number of urea groups is 1. The van der Waals surface area contributed by atoms with Gasteiger partial charge in [0.05, 0.1) is 10.0 Å². The number of nitrogens with zero attached hydrogens (tertiary/aromatic N) is 1. The highest BCUT2D eigenvalue weighted by atomic mass is 35.5. The van der Waals surface area contributed by atoms with E-state index in [4.69, 9.17) is 23.2 Å². The van der Waals surface area contributed by atoms with Gasteiger partial charge in [-0.05, 0) is 35.9 Å². The lowest BCUT2D eigenvalue weighted by Crippen LogP contribution is -2.34. The zero-order chi connectivity index (χ0) is 19.4. The van der Waals surface area contributed by atoms with Gasteiger partial charge in [-0.1, -0.05) is 35.3 Å². The van der Waals surface area contributed by atoms with Crippen molar-refractivity contribution in [2.75, 3.05) is 18.4 Å². The van der Waals surface area contributed by atoms with Crippen LogP contribution in [-0.4, -0.2) is 29.9 Å². The molecule has 1 aliphatic heterocycles. The van der Waals surface area contributed by atoms with Crippen LogP contribution in [0, 0.1) is 11.7 Å². The van der Waals surface area contributed by atoms with Crippen LogP contribution in [0.1, 0.15) is 12.0 Å². The molecule has 3 rings (SSSR count). The summed E-state index contributed by atoms with van der Waals surface area (Å²) in [6.45, 7) is 1.35. The molecule has 8 heteroatoms. The molecule has 1 aliphatic rings. The predicted octanol–water partition coefficient (Wildman–Crippen LogP) is 4.30. The van der Waals surface area contributed by atoms with Crippen LogP contribution < -0.4 is 10.6 Å². The number of likely N-dealkylation sites (tertiary alicyclic amines) is 1. The van der Waals surface area contributed by atoms with Crippen molar-refractivity contribution in [3.63, 3.8) is 0 Å². The standard InChI is InChI=1S/C19H18Cl2FN3O2/c20-16-6-5-15(8-17(16)21)24-19(27)23-9-13-7-18(26)25(11-13)10-12-1-3-14(22)4-2-12/h1-6,8,13H,7,9-11H2,(H2,23,24,27). The first-order valence-electron chi connectivity index (χ1n) is 8.43. The number of carbonyl (C=O) groups is 2. The van der Waals surface area contributed by atoms with Gasteiger partial charge in [0.2, 0.25) is 5.91 Å². The number of rotatable bonds is 5. The average molecular weight is 410 g/mol. The van der Waals surface area contributed by atoms with Gasteiger partial charge in [-0.3, -0.25) is 4.79 Å². The number of anilines is 1. The van der Waals surface area contributed by atoms with E-state index in [-0.39, 0.29) is 23.7 Å². The van der Waals surface area contributed by atoms with E-state index in [9.17, 15) is 14.0 Å². The molecular formula is C19H18Cl2FN3O2. The number of amides is 3. The van der Waals surface area contributed by atoms with Crippen LogP contribution in [0.2, 0.25) is 10.0 Å². The van der Waals surface area contributed by atoms with Crippen LogP contribution in [0.15, 0.2) is 42.5 Å². The molecule has 2 aromatic rings. The van der Waals surface area contributed by atoms with E-state index in [2.05, 4.69) is 10.6 Å². The molecule has 0 spiro atoms. The normalized spacial score (nSPS) is 16.5. The van der Waals surface area contributed by atoms with Crippen LogP contribution in [0.4, 0.5) is 14.9 Å². The molecule has 27 heavy (non-hydrogen) atoms. The molecule has 0 bridgehead atoms. The van der Waals surface area contributed by atoms with E-state index in [1.54, 1.807) is 35.2 Å². The van der Waals surface area contributed by atoms with Crippen molar-refractivity contribution in [2.24, 2.45) is 5.92 Å². The molecular weight excluding hydrogens is 392 g/mol. The predicted molar refractivity (Wildman–Crippen MR) is 103 cm³/mol. The van der Waals surface area contributed by atoms with E-state index in [0.29, 0.717) is 41.8 Å². The summed E-state index contributed by atoms with van der Waals surface area (Å²) < 4.78 is 13.0. The molecule has 5 nitrogen and oxygen atoms in total. The minimum Gasteiger partial charge on any atom is -0.338 e. The van der Waals surface area contributed by atoms with Crippen LogP contribution in [0.3, 0.4) is 0 Å². The second-order valence-corrected chi connectivity index (χ2v) is 7.25.